The molecule has 29 heavy (non-hydrogen) atoms. The molecule has 1 aliphatic rings. The van der Waals surface area contributed by atoms with E-state index >= 15 is 0 Å². The van der Waals surface area contributed by atoms with E-state index in [1.165, 1.54) is 11.1 Å². The van der Waals surface area contributed by atoms with Crippen LogP contribution in [0, 0.1) is 0 Å². The van der Waals surface area contributed by atoms with Gasteiger partial charge in [0.2, 0.25) is 0 Å². The minimum absolute atomic E-state index is 0.657. The molecule has 0 saturated carbocycles. The van der Waals surface area contributed by atoms with E-state index < -0.39 is 0 Å². The molecule has 0 bridgehead atoms. The Hall–Kier alpha value is -3.02. The third-order valence-electron chi connectivity index (χ3n) is 5.13. The molecule has 0 amide bonds. The maximum absolute atomic E-state index is 5.96. The number of fused-ring (bicyclic) bond motifs is 1. The molecule has 4 aromatic rings. The summed E-state index contributed by atoms with van der Waals surface area (Å²) in [5.74, 6) is 1.37. The highest BCUT2D eigenvalue weighted by Gasteiger charge is 2.19. The smallest absolute Gasteiger partial charge is 0.195 e. The number of nitrogens with zero attached hydrogens (tertiary/aromatic N) is 4. The summed E-state index contributed by atoms with van der Waals surface area (Å²) < 4.78 is 5.41. The van der Waals surface area contributed by atoms with Crippen LogP contribution < -0.4 is 0 Å². The summed E-state index contributed by atoms with van der Waals surface area (Å²) in [6.07, 6.45) is 6.43. The van der Waals surface area contributed by atoms with Crippen molar-refractivity contribution in [3.05, 3.63) is 89.0 Å². The van der Waals surface area contributed by atoms with E-state index in [4.69, 9.17) is 21.0 Å². The van der Waals surface area contributed by atoms with Gasteiger partial charge in [0.25, 0.3) is 0 Å². The van der Waals surface area contributed by atoms with Crippen LogP contribution >= 0.6 is 11.6 Å². The van der Waals surface area contributed by atoms with Crippen molar-refractivity contribution in [3.63, 3.8) is 0 Å². The van der Waals surface area contributed by atoms with Gasteiger partial charge < -0.3 is 4.42 Å². The van der Waals surface area contributed by atoms with Gasteiger partial charge in [-0.15, -0.1) is 0 Å². The van der Waals surface area contributed by atoms with Crippen LogP contribution in [0.4, 0.5) is 0 Å². The van der Waals surface area contributed by atoms with Gasteiger partial charge in [-0.1, -0.05) is 29.8 Å². The average Bonchev–Trinajstić information content (AvgIpc) is 3.30. The van der Waals surface area contributed by atoms with E-state index in [0.717, 1.165) is 48.0 Å². The van der Waals surface area contributed by atoms with Crippen LogP contribution in [-0.4, -0.2) is 26.4 Å². The molecule has 4 heterocycles. The zero-order valence-corrected chi connectivity index (χ0v) is 16.5. The van der Waals surface area contributed by atoms with E-state index in [1.54, 1.807) is 6.26 Å². The highest BCUT2D eigenvalue weighted by molar-refractivity contribution is 6.30. The van der Waals surface area contributed by atoms with Crippen molar-refractivity contribution in [1.82, 2.24) is 19.9 Å². The topological polar surface area (TPSA) is 55.1 Å². The second-order valence-corrected chi connectivity index (χ2v) is 7.60. The summed E-state index contributed by atoms with van der Waals surface area (Å²) >= 11 is 5.96. The maximum atomic E-state index is 5.96. The Morgan fingerprint density at radius 1 is 1.00 bits per heavy atom. The van der Waals surface area contributed by atoms with Crippen molar-refractivity contribution in [3.8, 4) is 22.8 Å². The molecule has 1 aliphatic heterocycles. The van der Waals surface area contributed by atoms with E-state index in [-0.39, 0.29) is 0 Å². The molecule has 6 heteroatoms. The third-order valence-corrected chi connectivity index (χ3v) is 5.38. The number of halogens is 1. The van der Waals surface area contributed by atoms with Crippen LogP contribution in [0.15, 0.2) is 71.6 Å². The Bertz CT molecular complexity index is 1110. The number of pyridine rings is 1. The van der Waals surface area contributed by atoms with Crippen LogP contribution in [0.5, 0.6) is 0 Å². The van der Waals surface area contributed by atoms with Gasteiger partial charge in [0, 0.05) is 54.6 Å². The van der Waals surface area contributed by atoms with Crippen molar-refractivity contribution in [2.75, 3.05) is 6.54 Å². The number of hydrogen-bond acceptors (Lipinski definition) is 5. The fourth-order valence-electron chi connectivity index (χ4n) is 3.60. The lowest BCUT2D eigenvalue weighted by atomic mass is 10.1. The molecule has 0 unspecified atom stereocenters. The Morgan fingerprint density at radius 3 is 2.66 bits per heavy atom. The third kappa shape index (κ3) is 3.92. The molecule has 144 valence electrons. The highest BCUT2D eigenvalue weighted by atomic mass is 35.5. The summed E-state index contributed by atoms with van der Waals surface area (Å²) in [6.45, 7) is 2.65. The summed E-state index contributed by atoms with van der Waals surface area (Å²) in [5, 5.41) is 0.732. The lowest BCUT2D eigenvalue weighted by Gasteiger charge is -2.27. The van der Waals surface area contributed by atoms with Crippen molar-refractivity contribution >= 4 is 11.6 Å². The summed E-state index contributed by atoms with van der Waals surface area (Å²) in [6, 6.07) is 15.7. The standard InChI is InChI=1S/C23H19ClN4O/c24-19-6-4-17(5-7-19)20-8-3-16(12-25-20)14-28-10-9-21-18(15-28)13-26-23(27-21)22-2-1-11-29-22/h1-8,11-13H,9-10,14-15H2. The molecule has 5 rings (SSSR count). The zero-order valence-electron chi connectivity index (χ0n) is 15.8. The minimum atomic E-state index is 0.657. The molecule has 0 aliphatic carbocycles. The van der Waals surface area contributed by atoms with Crippen molar-refractivity contribution in [1.29, 1.82) is 0 Å². The van der Waals surface area contributed by atoms with Crippen LogP contribution in [0.25, 0.3) is 22.8 Å². The van der Waals surface area contributed by atoms with Crippen LogP contribution in [0.1, 0.15) is 16.8 Å². The SMILES string of the molecule is Clc1ccc(-c2ccc(CN3CCc4nc(-c5ccco5)ncc4C3)cn2)cc1. The van der Waals surface area contributed by atoms with E-state index in [0.29, 0.717) is 11.6 Å². The van der Waals surface area contributed by atoms with Gasteiger partial charge in [0.15, 0.2) is 11.6 Å². The molecular weight excluding hydrogens is 384 g/mol. The number of hydrogen-bond donors (Lipinski definition) is 0. The Kier molecular flexibility index (Phi) is 4.84. The summed E-state index contributed by atoms with van der Waals surface area (Å²) in [4.78, 5) is 16.2. The lowest BCUT2D eigenvalue weighted by molar-refractivity contribution is 0.242. The van der Waals surface area contributed by atoms with Gasteiger partial charge in [0.05, 0.1) is 17.7 Å². The second kappa shape index (κ2) is 7.78. The van der Waals surface area contributed by atoms with E-state index in [2.05, 4.69) is 27.0 Å². The van der Waals surface area contributed by atoms with Crippen LogP contribution in [0.2, 0.25) is 5.02 Å². The monoisotopic (exact) mass is 402 g/mol. The molecule has 0 N–H and O–H groups in total. The number of rotatable bonds is 4. The predicted octanol–water partition coefficient (Wildman–Crippen LogP) is 5.01. The van der Waals surface area contributed by atoms with Gasteiger partial charge in [-0.2, -0.15) is 0 Å². The van der Waals surface area contributed by atoms with E-state index in [1.807, 2.05) is 48.8 Å². The first kappa shape index (κ1) is 18.0. The fraction of sp³-hybridized carbons (Fsp3) is 0.174. The predicted molar refractivity (Wildman–Crippen MR) is 112 cm³/mol. The van der Waals surface area contributed by atoms with Crippen molar-refractivity contribution in [2.45, 2.75) is 19.5 Å². The second-order valence-electron chi connectivity index (χ2n) is 7.16. The summed E-state index contributed by atoms with van der Waals surface area (Å²) in [5.41, 5.74) is 5.50. The number of benzene rings is 1. The molecule has 5 nitrogen and oxygen atoms in total. The number of furan rings is 1. The first-order valence-electron chi connectivity index (χ1n) is 9.56. The highest BCUT2D eigenvalue weighted by Crippen LogP contribution is 2.23. The quantitative estimate of drug-likeness (QED) is 0.480. The van der Waals surface area contributed by atoms with Gasteiger partial charge in [-0.3, -0.25) is 9.88 Å². The van der Waals surface area contributed by atoms with Crippen LogP contribution in [0.3, 0.4) is 0 Å². The van der Waals surface area contributed by atoms with Crippen molar-refractivity contribution < 1.29 is 4.42 Å². The van der Waals surface area contributed by atoms with Crippen LogP contribution in [-0.2, 0) is 19.5 Å². The zero-order chi connectivity index (χ0) is 19.6. The van der Waals surface area contributed by atoms with Gasteiger partial charge >= 0.3 is 0 Å². The number of aromatic nitrogens is 3. The first-order valence-corrected chi connectivity index (χ1v) is 9.94. The average molecular weight is 403 g/mol. The molecule has 3 aromatic heterocycles. The van der Waals surface area contributed by atoms with Gasteiger partial charge in [0.1, 0.15) is 0 Å². The van der Waals surface area contributed by atoms with E-state index in [9.17, 15) is 0 Å². The van der Waals surface area contributed by atoms with Gasteiger partial charge in [-0.25, -0.2) is 9.97 Å². The Morgan fingerprint density at radius 2 is 1.90 bits per heavy atom. The normalized spacial score (nSPS) is 14.0. The lowest BCUT2D eigenvalue weighted by Crippen LogP contribution is -2.31. The van der Waals surface area contributed by atoms with Gasteiger partial charge in [-0.05, 0) is 35.9 Å². The minimum Gasteiger partial charge on any atom is -0.461 e. The molecule has 0 radical (unpaired) electrons. The molecule has 0 fully saturated rings. The van der Waals surface area contributed by atoms with Crippen molar-refractivity contribution in [2.24, 2.45) is 0 Å². The molecule has 0 spiro atoms. The first-order chi connectivity index (χ1) is 14.2. The molecule has 1 aromatic carbocycles. The molecule has 0 saturated heterocycles. The molecule has 0 atom stereocenters. The largest absolute Gasteiger partial charge is 0.461 e. The molecular formula is C23H19ClN4O. The maximum Gasteiger partial charge on any atom is 0.195 e. The fourth-order valence-corrected chi connectivity index (χ4v) is 3.73. The Labute approximate surface area is 174 Å². The Balaban J connectivity index is 1.27. The summed E-state index contributed by atoms with van der Waals surface area (Å²) in [7, 11) is 0.